The minimum atomic E-state index is -0.258. The Balaban J connectivity index is 1.65. The van der Waals surface area contributed by atoms with Crippen LogP contribution in [0.15, 0.2) is 42.5 Å². The topological polar surface area (TPSA) is 58.2 Å². The Hall–Kier alpha value is -2.40. The van der Waals surface area contributed by atoms with Gasteiger partial charge in [0.1, 0.15) is 5.82 Å². The highest BCUT2D eigenvalue weighted by molar-refractivity contribution is 6.30. The normalized spacial score (nSPS) is 10.4. The number of nitrogens with one attached hydrogen (secondary N) is 2. The van der Waals surface area contributed by atoms with Gasteiger partial charge in [0, 0.05) is 30.1 Å². The maximum Gasteiger partial charge on any atom is 0.251 e. The standard InChI is InChI=1S/C19H20ClFN2O2/c1-13-11-14(4-9-17(13)21)12-23-18(24)3-2-10-22-19(25)15-5-7-16(20)8-6-15/h4-9,11H,2-3,10,12H2,1H3,(H,22,25)(H,23,24). The monoisotopic (exact) mass is 362 g/mol. The summed E-state index contributed by atoms with van der Waals surface area (Å²) in [5, 5.41) is 6.11. The summed E-state index contributed by atoms with van der Waals surface area (Å²) in [6, 6.07) is 11.4. The third-order valence-corrected chi connectivity index (χ3v) is 3.94. The van der Waals surface area contributed by atoms with Gasteiger partial charge in [-0.05, 0) is 54.8 Å². The molecule has 2 amide bonds. The van der Waals surface area contributed by atoms with E-state index in [1.807, 2.05) is 0 Å². The number of halogens is 2. The Morgan fingerprint density at radius 1 is 1.08 bits per heavy atom. The van der Waals surface area contributed by atoms with Gasteiger partial charge in [0.25, 0.3) is 5.91 Å². The van der Waals surface area contributed by atoms with Crippen LogP contribution in [0.5, 0.6) is 0 Å². The molecule has 0 aliphatic carbocycles. The predicted octanol–water partition coefficient (Wildman–Crippen LogP) is 3.61. The highest BCUT2D eigenvalue weighted by atomic mass is 35.5. The molecule has 0 fully saturated rings. The van der Waals surface area contributed by atoms with Crippen molar-refractivity contribution in [3.05, 3.63) is 70.0 Å². The van der Waals surface area contributed by atoms with Crippen molar-refractivity contribution in [2.24, 2.45) is 0 Å². The molecule has 0 heterocycles. The Labute approximate surface area is 151 Å². The van der Waals surface area contributed by atoms with Crippen LogP contribution < -0.4 is 10.6 Å². The molecule has 2 N–H and O–H groups in total. The number of rotatable bonds is 7. The molecule has 0 aliphatic rings. The molecule has 0 spiro atoms. The second kappa shape index (κ2) is 9.18. The molecule has 0 aliphatic heterocycles. The fourth-order valence-corrected chi connectivity index (χ4v) is 2.39. The number of hydrogen-bond donors (Lipinski definition) is 2. The van der Waals surface area contributed by atoms with E-state index in [1.165, 1.54) is 6.07 Å². The first-order chi connectivity index (χ1) is 12.0. The zero-order chi connectivity index (χ0) is 18.2. The molecule has 4 nitrogen and oxygen atoms in total. The molecule has 0 aromatic heterocycles. The van der Waals surface area contributed by atoms with Crippen LogP contribution >= 0.6 is 11.6 Å². The minimum Gasteiger partial charge on any atom is -0.352 e. The van der Waals surface area contributed by atoms with Crippen LogP contribution in [0.25, 0.3) is 0 Å². The van der Waals surface area contributed by atoms with Crippen molar-refractivity contribution in [1.29, 1.82) is 0 Å². The quantitative estimate of drug-likeness (QED) is 0.739. The van der Waals surface area contributed by atoms with E-state index in [1.54, 1.807) is 43.3 Å². The molecule has 0 saturated carbocycles. The van der Waals surface area contributed by atoms with Crippen molar-refractivity contribution in [2.75, 3.05) is 6.54 Å². The van der Waals surface area contributed by atoms with Gasteiger partial charge in [0.05, 0.1) is 0 Å². The lowest BCUT2D eigenvalue weighted by molar-refractivity contribution is -0.121. The van der Waals surface area contributed by atoms with E-state index >= 15 is 0 Å². The van der Waals surface area contributed by atoms with E-state index in [-0.39, 0.29) is 17.6 Å². The summed E-state index contributed by atoms with van der Waals surface area (Å²) in [5.41, 5.74) is 1.93. The van der Waals surface area contributed by atoms with E-state index in [0.29, 0.717) is 42.1 Å². The first-order valence-corrected chi connectivity index (χ1v) is 8.39. The molecule has 0 radical (unpaired) electrons. The molecule has 0 saturated heterocycles. The van der Waals surface area contributed by atoms with Crippen LogP contribution in [-0.4, -0.2) is 18.4 Å². The largest absolute Gasteiger partial charge is 0.352 e. The van der Waals surface area contributed by atoms with Crippen molar-refractivity contribution in [3.8, 4) is 0 Å². The fourth-order valence-electron chi connectivity index (χ4n) is 2.26. The van der Waals surface area contributed by atoms with Crippen molar-refractivity contribution >= 4 is 23.4 Å². The maximum atomic E-state index is 13.2. The van der Waals surface area contributed by atoms with E-state index in [0.717, 1.165) is 5.56 Å². The highest BCUT2D eigenvalue weighted by Crippen LogP contribution is 2.10. The lowest BCUT2D eigenvalue weighted by Gasteiger charge is -2.08. The average molecular weight is 363 g/mol. The van der Waals surface area contributed by atoms with Crippen LogP contribution in [0, 0.1) is 12.7 Å². The van der Waals surface area contributed by atoms with Crippen LogP contribution in [0.1, 0.15) is 34.3 Å². The predicted molar refractivity (Wildman–Crippen MR) is 96.0 cm³/mol. The molecule has 0 unspecified atom stereocenters. The van der Waals surface area contributed by atoms with E-state index in [2.05, 4.69) is 10.6 Å². The number of amides is 2. The zero-order valence-electron chi connectivity index (χ0n) is 13.9. The molecular formula is C19H20ClFN2O2. The van der Waals surface area contributed by atoms with Crippen molar-refractivity contribution in [3.63, 3.8) is 0 Å². The fraction of sp³-hybridized carbons (Fsp3) is 0.263. The first kappa shape index (κ1) is 18.9. The van der Waals surface area contributed by atoms with Crippen molar-refractivity contribution in [1.82, 2.24) is 10.6 Å². The molecule has 2 rings (SSSR count). The smallest absolute Gasteiger partial charge is 0.251 e. The number of carbonyl (C=O) groups excluding carboxylic acids is 2. The lowest BCUT2D eigenvalue weighted by atomic mass is 10.1. The zero-order valence-corrected chi connectivity index (χ0v) is 14.7. The van der Waals surface area contributed by atoms with Crippen molar-refractivity contribution in [2.45, 2.75) is 26.3 Å². The second-order valence-corrected chi connectivity index (χ2v) is 6.16. The van der Waals surface area contributed by atoms with Crippen LogP contribution in [0.4, 0.5) is 4.39 Å². The summed E-state index contributed by atoms with van der Waals surface area (Å²) in [5.74, 6) is -0.562. The number of hydrogen-bond acceptors (Lipinski definition) is 2. The summed E-state index contributed by atoms with van der Waals surface area (Å²) >= 11 is 5.77. The SMILES string of the molecule is Cc1cc(CNC(=O)CCCNC(=O)c2ccc(Cl)cc2)ccc1F. The molecule has 132 valence electrons. The highest BCUT2D eigenvalue weighted by Gasteiger charge is 2.06. The molecule has 2 aromatic carbocycles. The molecular weight excluding hydrogens is 343 g/mol. The van der Waals surface area contributed by atoms with Gasteiger partial charge < -0.3 is 10.6 Å². The van der Waals surface area contributed by atoms with Crippen LogP contribution in [0.2, 0.25) is 5.02 Å². The Bertz CT molecular complexity index is 748. The Morgan fingerprint density at radius 3 is 2.48 bits per heavy atom. The third kappa shape index (κ3) is 6.19. The minimum absolute atomic E-state index is 0.109. The summed E-state index contributed by atoms with van der Waals surface area (Å²) in [6.45, 7) is 2.45. The van der Waals surface area contributed by atoms with Gasteiger partial charge in [-0.3, -0.25) is 9.59 Å². The summed E-state index contributed by atoms with van der Waals surface area (Å²) in [4.78, 5) is 23.7. The first-order valence-electron chi connectivity index (χ1n) is 8.01. The van der Waals surface area contributed by atoms with Crippen LogP contribution in [-0.2, 0) is 11.3 Å². The van der Waals surface area contributed by atoms with Crippen LogP contribution in [0.3, 0.4) is 0 Å². The molecule has 6 heteroatoms. The lowest BCUT2D eigenvalue weighted by Crippen LogP contribution is -2.27. The number of carbonyl (C=O) groups is 2. The van der Waals surface area contributed by atoms with Gasteiger partial charge in [-0.15, -0.1) is 0 Å². The van der Waals surface area contributed by atoms with Gasteiger partial charge >= 0.3 is 0 Å². The molecule has 2 aromatic rings. The van der Waals surface area contributed by atoms with E-state index in [9.17, 15) is 14.0 Å². The van der Waals surface area contributed by atoms with Gasteiger partial charge in [-0.25, -0.2) is 4.39 Å². The van der Waals surface area contributed by atoms with Gasteiger partial charge in [0.2, 0.25) is 5.91 Å². The van der Waals surface area contributed by atoms with E-state index in [4.69, 9.17) is 11.6 Å². The number of benzene rings is 2. The third-order valence-electron chi connectivity index (χ3n) is 3.68. The number of aryl methyl sites for hydroxylation is 1. The maximum absolute atomic E-state index is 13.2. The Kier molecular flexibility index (Phi) is 6.95. The van der Waals surface area contributed by atoms with Gasteiger partial charge in [0.15, 0.2) is 0 Å². The molecule has 0 atom stereocenters. The molecule has 25 heavy (non-hydrogen) atoms. The molecule has 0 bridgehead atoms. The van der Waals surface area contributed by atoms with E-state index < -0.39 is 0 Å². The summed E-state index contributed by atoms with van der Waals surface area (Å²) in [7, 11) is 0. The Morgan fingerprint density at radius 2 is 1.80 bits per heavy atom. The van der Waals surface area contributed by atoms with Gasteiger partial charge in [-0.1, -0.05) is 23.7 Å². The summed E-state index contributed by atoms with van der Waals surface area (Å²) in [6.07, 6.45) is 0.842. The second-order valence-electron chi connectivity index (χ2n) is 5.73. The van der Waals surface area contributed by atoms with Crippen molar-refractivity contribution < 1.29 is 14.0 Å². The average Bonchev–Trinajstić information content (AvgIpc) is 2.60. The van der Waals surface area contributed by atoms with Gasteiger partial charge in [-0.2, -0.15) is 0 Å². The summed E-state index contributed by atoms with van der Waals surface area (Å²) < 4.78 is 13.2.